The molecule has 1 aromatic heterocycles. The van der Waals surface area contributed by atoms with Gasteiger partial charge in [0.15, 0.2) is 6.29 Å². The second-order valence-electron chi connectivity index (χ2n) is 4.07. The third kappa shape index (κ3) is 3.64. The van der Waals surface area contributed by atoms with Gasteiger partial charge in [-0.25, -0.2) is 4.79 Å². The summed E-state index contributed by atoms with van der Waals surface area (Å²) in [6.45, 7) is 5.24. The number of aromatic nitrogens is 2. The zero-order valence-electron chi connectivity index (χ0n) is 9.35. The summed E-state index contributed by atoms with van der Waals surface area (Å²) in [5, 5.41) is 9.51. The van der Waals surface area contributed by atoms with Gasteiger partial charge in [0.05, 0.1) is 11.9 Å². The van der Waals surface area contributed by atoms with E-state index in [-0.39, 0.29) is 11.4 Å². The topological polar surface area (TPSA) is 81.2 Å². The molecule has 1 aromatic rings. The minimum atomic E-state index is -0.636. The van der Waals surface area contributed by atoms with Crippen LogP contribution < -0.4 is 5.32 Å². The van der Waals surface area contributed by atoms with Gasteiger partial charge in [0.2, 0.25) is 0 Å². The molecule has 1 amide bonds. The smallest absolute Gasteiger partial charge is 0.412 e. The lowest BCUT2D eigenvalue weighted by atomic mass is 10.2. The van der Waals surface area contributed by atoms with Crippen molar-refractivity contribution >= 4 is 18.1 Å². The molecule has 6 nitrogen and oxygen atoms in total. The second-order valence-corrected chi connectivity index (χ2v) is 4.07. The molecule has 0 unspecified atom stereocenters. The Morgan fingerprint density at radius 1 is 1.50 bits per heavy atom. The molecular weight excluding hydrogens is 210 g/mol. The van der Waals surface area contributed by atoms with Crippen LogP contribution in [0.4, 0.5) is 10.5 Å². The maximum atomic E-state index is 11.4. The average Bonchev–Trinajstić information content (AvgIpc) is 2.15. The maximum absolute atomic E-state index is 11.4. The first-order chi connectivity index (χ1) is 7.42. The third-order valence-corrected chi connectivity index (χ3v) is 1.50. The maximum Gasteiger partial charge on any atom is 0.412 e. The fraction of sp³-hybridized carbons (Fsp3) is 0.400. The number of carbonyl (C=O) groups is 2. The van der Waals surface area contributed by atoms with Gasteiger partial charge in [-0.3, -0.25) is 10.1 Å². The van der Waals surface area contributed by atoms with Crippen LogP contribution in [0.2, 0.25) is 0 Å². The molecule has 0 radical (unpaired) electrons. The predicted molar refractivity (Wildman–Crippen MR) is 57.3 cm³/mol. The van der Waals surface area contributed by atoms with Crippen LogP contribution in [0.1, 0.15) is 31.3 Å². The summed E-state index contributed by atoms with van der Waals surface area (Å²) in [6.07, 6.45) is 1.25. The van der Waals surface area contributed by atoms with Crippen molar-refractivity contribution in [1.82, 2.24) is 10.2 Å². The number of hydrogen-bond donors (Lipinski definition) is 1. The number of nitrogens with one attached hydrogen (secondary N) is 1. The lowest BCUT2D eigenvalue weighted by molar-refractivity contribution is 0.0636. The quantitative estimate of drug-likeness (QED) is 0.771. The Balaban J connectivity index is 2.73. The number of hydrogen-bond acceptors (Lipinski definition) is 5. The van der Waals surface area contributed by atoms with E-state index in [0.29, 0.717) is 6.29 Å². The van der Waals surface area contributed by atoms with Gasteiger partial charge >= 0.3 is 6.09 Å². The largest absolute Gasteiger partial charge is 0.444 e. The molecule has 0 aliphatic heterocycles. The molecule has 0 spiro atoms. The molecule has 6 heteroatoms. The van der Waals surface area contributed by atoms with Crippen molar-refractivity contribution < 1.29 is 14.3 Å². The van der Waals surface area contributed by atoms with Crippen LogP contribution >= 0.6 is 0 Å². The van der Waals surface area contributed by atoms with Crippen LogP contribution in [-0.4, -0.2) is 28.2 Å². The second kappa shape index (κ2) is 4.69. The van der Waals surface area contributed by atoms with E-state index in [9.17, 15) is 9.59 Å². The highest BCUT2D eigenvalue weighted by Gasteiger charge is 2.17. The van der Waals surface area contributed by atoms with E-state index in [1.165, 1.54) is 12.3 Å². The Bertz CT molecular complexity index is 399. The summed E-state index contributed by atoms with van der Waals surface area (Å²) in [5.41, 5.74) is -0.251. The molecule has 0 atom stereocenters. The Hall–Kier alpha value is -1.98. The molecule has 0 saturated carbocycles. The molecule has 16 heavy (non-hydrogen) atoms. The van der Waals surface area contributed by atoms with Crippen molar-refractivity contribution in [3.63, 3.8) is 0 Å². The van der Waals surface area contributed by atoms with Crippen molar-refractivity contribution in [1.29, 1.82) is 0 Å². The minimum Gasteiger partial charge on any atom is -0.444 e. The van der Waals surface area contributed by atoms with Gasteiger partial charge in [0, 0.05) is 0 Å². The molecule has 0 aliphatic carbocycles. The van der Waals surface area contributed by atoms with Crippen LogP contribution in [0.5, 0.6) is 0 Å². The highest BCUT2D eigenvalue weighted by molar-refractivity contribution is 5.91. The Morgan fingerprint density at radius 2 is 2.19 bits per heavy atom. The number of aldehydes is 1. The molecule has 0 saturated heterocycles. The number of carbonyl (C=O) groups excluding carboxylic acids is 2. The predicted octanol–water partition coefficient (Wildman–Crippen LogP) is 1.64. The molecule has 0 bridgehead atoms. The lowest BCUT2D eigenvalue weighted by Crippen LogP contribution is -2.27. The molecule has 0 aliphatic rings. The van der Waals surface area contributed by atoms with E-state index in [1.807, 2.05) is 0 Å². The van der Waals surface area contributed by atoms with Crippen LogP contribution in [0.3, 0.4) is 0 Å². The first kappa shape index (κ1) is 12.1. The Morgan fingerprint density at radius 3 is 2.75 bits per heavy atom. The number of anilines is 1. The van der Waals surface area contributed by atoms with Crippen molar-refractivity contribution in [3.05, 3.63) is 18.0 Å². The summed E-state index contributed by atoms with van der Waals surface area (Å²) in [7, 11) is 0. The molecule has 1 N–H and O–H groups in total. The normalized spacial score (nSPS) is 10.7. The van der Waals surface area contributed by atoms with Crippen molar-refractivity contribution in [2.75, 3.05) is 5.32 Å². The van der Waals surface area contributed by atoms with Gasteiger partial charge in [-0.05, 0) is 26.8 Å². The van der Waals surface area contributed by atoms with Crippen LogP contribution in [-0.2, 0) is 4.74 Å². The molecular formula is C10H13N3O3. The summed E-state index contributed by atoms with van der Waals surface area (Å²) >= 11 is 0. The fourth-order valence-corrected chi connectivity index (χ4v) is 0.949. The SMILES string of the molecule is CC(C)(C)OC(=O)Nc1ccnnc1C=O. The summed E-state index contributed by atoms with van der Waals surface area (Å²) < 4.78 is 5.03. The number of rotatable bonds is 2. The number of amides is 1. The summed E-state index contributed by atoms with van der Waals surface area (Å²) in [5.74, 6) is 0. The average molecular weight is 223 g/mol. The van der Waals surface area contributed by atoms with Crippen molar-refractivity contribution in [3.8, 4) is 0 Å². The van der Waals surface area contributed by atoms with Crippen molar-refractivity contribution in [2.24, 2.45) is 0 Å². The van der Waals surface area contributed by atoms with E-state index >= 15 is 0 Å². The highest BCUT2D eigenvalue weighted by Crippen LogP contribution is 2.12. The molecule has 1 rings (SSSR count). The van der Waals surface area contributed by atoms with Gasteiger partial charge in [-0.1, -0.05) is 0 Å². The third-order valence-electron chi connectivity index (χ3n) is 1.50. The monoisotopic (exact) mass is 223 g/mol. The lowest BCUT2D eigenvalue weighted by Gasteiger charge is -2.19. The van der Waals surface area contributed by atoms with E-state index in [4.69, 9.17) is 4.74 Å². The van der Waals surface area contributed by atoms with Crippen LogP contribution in [0, 0.1) is 0 Å². The number of ether oxygens (including phenoxy) is 1. The Labute approximate surface area is 93.0 Å². The van der Waals surface area contributed by atoms with Gasteiger partial charge in [-0.15, -0.1) is 5.10 Å². The first-order valence-electron chi connectivity index (χ1n) is 4.69. The van der Waals surface area contributed by atoms with E-state index in [2.05, 4.69) is 15.5 Å². The zero-order valence-corrected chi connectivity index (χ0v) is 9.35. The fourth-order valence-electron chi connectivity index (χ4n) is 0.949. The molecule has 86 valence electrons. The molecule has 1 heterocycles. The summed E-state index contributed by atoms with van der Waals surface area (Å²) in [6, 6.07) is 1.47. The zero-order chi connectivity index (χ0) is 12.2. The minimum absolute atomic E-state index is 0.0633. The number of nitrogens with zero attached hydrogens (tertiary/aromatic N) is 2. The van der Waals surface area contributed by atoms with E-state index in [1.54, 1.807) is 20.8 Å². The first-order valence-corrected chi connectivity index (χ1v) is 4.69. The van der Waals surface area contributed by atoms with Gasteiger partial charge in [-0.2, -0.15) is 5.10 Å². The van der Waals surface area contributed by atoms with Gasteiger partial charge < -0.3 is 4.74 Å². The highest BCUT2D eigenvalue weighted by atomic mass is 16.6. The van der Waals surface area contributed by atoms with Gasteiger partial charge in [0.25, 0.3) is 0 Å². The summed E-state index contributed by atoms with van der Waals surface area (Å²) in [4.78, 5) is 22.0. The van der Waals surface area contributed by atoms with Crippen molar-refractivity contribution in [2.45, 2.75) is 26.4 Å². The van der Waals surface area contributed by atoms with Crippen LogP contribution in [0.15, 0.2) is 12.3 Å². The van der Waals surface area contributed by atoms with Crippen LogP contribution in [0.25, 0.3) is 0 Å². The van der Waals surface area contributed by atoms with E-state index in [0.717, 1.165) is 0 Å². The van der Waals surface area contributed by atoms with E-state index < -0.39 is 11.7 Å². The standard InChI is InChI=1S/C10H13N3O3/c1-10(2,3)16-9(15)12-7-4-5-11-13-8(7)6-14/h4-6H,1-3H3,(H,11,12,15). The van der Waals surface area contributed by atoms with Gasteiger partial charge in [0.1, 0.15) is 11.3 Å². The molecule has 0 fully saturated rings. The molecule has 0 aromatic carbocycles. The Kier molecular flexibility index (Phi) is 3.55.